The van der Waals surface area contributed by atoms with Crippen LogP contribution in [0.5, 0.6) is 5.75 Å². The highest BCUT2D eigenvalue weighted by molar-refractivity contribution is 7.07. The summed E-state index contributed by atoms with van der Waals surface area (Å²) in [7, 11) is 0. The Morgan fingerprint density at radius 2 is 2.38 bits per heavy atom. The molecule has 1 N–H and O–H groups in total. The smallest absolute Gasteiger partial charge is 0.358 e. The maximum absolute atomic E-state index is 11.9. The molecular weight excluding hydrogens is 292 g/mol. The fraction of sp³-hybridized carbons (Fsp3) is 0.214. The minimum atomic E-state index is -0.471. The summed E-state index contributed by atoms with van der Waals surface area (Å²) in [5, 5.41) is 4.36. The van der Waals surface area contributed by atoms with Crippen LogP contribution in [0.4, 0.5) is 5.69 Å². The Morgan fingerprint density at radius 1 is 1.52 bits per heavy atom. The normalized spacial score (nSPS) is 14.6. The molecule has 1 aliphatic heterocycles. The predicted octanol–water partition coefficient (Wildman–Crippen LogP) is 2.39. The van der Waals surface area contributed by atoms with Crippen LogP contribution in [0.15, 0.2) is 29.1 Å². The number of anilines is 1. The van der Waals surface area contributed by atoms with Crippen molar-refractivity contribution in [1.82, 2.24) is 4.98 Å². The maximum Gasteiger partial charge on any atom is 0.358 e. The van der Waals surface area contributed by atoms with Crippen LogP contribution in [0.3, 0.4) is 0 Å². The molecule has 0 aliphatic carbocycles. The van der Waals surface area contributed by atoms with E-state index in [9.17, 15) is 9.59 Å². The molecule has 1 aliphatic rings. The fourth-order valence-electron chi connectivity index (χ4n) is 1.96. The van der Waals surface area contributed by atoms with Gasteiger partial charge in [0, 0.05) is 5.38 Å². The van der Waals surface area contributed by atoms with Gasteiger partial charge in [-0.3, -0.25) is 4.79 Å². The van der Waals surface area contributed by atoms with Crippen molar-refractivity contribution in [3.05, 3.63) is 40.3 Å². The molecule has 0 spiro atoms. The largest absolute Gasteiger partial charge is 0.482 e. The van der Waals surface area contributed by atoms with Crippen molar-refractivity contribution in [1.29, 1.82) is 0 Å². The van der Waals surface area contributed by atoms with Gasteiger partial charge in [-0.25, -0.2) is 9.78 Å². The van der Waals surface area contributed by atoms with Gasteiger partial charge in [-0.15, -0.1) is 11.3 Å². The molecule has 1 atom stereocenters. The number of carbonyl (C=O) groups is 2. The van der Waals surface area contributed by atoms with Crippen molar-refractivity contribution >= 4 is 28.9 Å². The van der Waals surface area contributed by atoms with Gasteiger partial charge >= 0.3 is 5.97 Å². The maximum atomic E-state index is 11.9. The van der Waals surface area contributed by atoms with E-state index < -0.39 is 12.1 Å². The first kappa shape index (κ1) is 13.6. The number of benzene rings is 1. The lowest BCUT2D eigenvalue weighted by Crippen LogP contribution is -2.25. The summed E-state index contributed by atoms with van der Waals surface area (Å²) < 4.78 is 10.6. The quantitative estimate of drug-likeness (QED) is 0.881. The summed E-state index contributed by atoms with van der Waals surface area (Å²) in [5.41, 5.74) is 3.22. The van der Waals surface area contributed by atoms with Crippen molar-refractivity contribution in [3.63, 3.8) is 0 Å². The summed E-state index contributed by atoms with van der Waals surface area (Å²) in [4.78, 5) is 27.1. The van der Waals surface area contributed by atoms with E-state index in [2.05, 4.69) is 10.3 Å². The molecule has 0 fully saturated rings. The van der Waals surface area contributed by atoms with Crippen LogP contribution < -0.4 is 10.1 Å². The number of carbonyl (C=O) groups excluding carboxylic acids is 2. The Hall–Kier alpha value is -2.41. The average molecular weight is 304 g/mol. The lowest BCUT2D eigenvalue weighted by molar-refractivity contribution is -0.118. The monoisotopic (exact) mass is 304 g/mol. The van der Waals surface area contributed by atoms with Crippen LogP contribution in [0.25, 0.3) is 0 Å². The Kier molecular flexibility index (Phi) is 3.57. The summed E-state index contributed by atoms with van der Waals surface area (Å²) in [5.74, 6) is -0.0649. The van der Waals surface area contributed by atoms with Gasteiger partial charge in [0.15, 0.2) is 12.3 Å². The zero-order chi connectivity index (χ0) is 14.8. The van der Waals surface area contributed by atoms with Crippen LogP contribution in [0.1, 0.15) is 29.1 Å². The van der Waals surface area contributed by atoms with E-state index in [1.54, 1.807) is 36.0 Å². The average Bonchev–Trinajstić information content (AvgIpc) is 3.00. The zero-order valence-electron chi connectivity index (χ0n) is 11.2. The van der Waals surface area contributed by atoms with Gasteiger partial charge in [-0.05, 0) is 24.6 Å². The van der Waals surface area contributed by atoms with Crippen molar-refractivity contribution in [2.75, 3.05) is 11.9 Å². The first-order chi connectivity index (χ1) is 10.1. The second-order valence-electron chi connectivity index (χ2n) is 4.51. The minimum Gasteiger partial charge on any atom is -0.482 e. The van der Waals surface area contributed by atoms with E-state index in [0.29, 0.717) is 17.1 Å². The molecule has 1 aromatic carbocycles. The number of rotatable bonds is 3. The molecule has 1 aromatic heterocycles. The van der Waals surface area contributed by atoms with Gasteiger partial charge in [0.1, 0.15) is 11.9 Å². The lowest BCUT2D eigenvalue weighted by atomic mass is 10.1. The van der Waals surface area contributed by atoms with Gasteiger partial charge in [-0.2, -0.15) is 0 Å². The molecule has 2 aromatic rings. The van der Waals surface area contributed by atoms with Crippen molar-refractivity contribution in [2.45, 2.75) is 13.0 Å². The van der Waals surface area contributed by atoms with E-state index in [1.165, 1.54) is 11.3 Å². The number of esters is 1. The highest BCUT2D eigenvalue weighted by atomic mass is 32.1. The van der Waals surface area contributed by atoms with Crippen LogP contribution >= 0.6 is 11.3 Å². The number of hydrogen-bond donors (Lipinski definition) is 1. The molecule has 2 heterocycles. The molecule has 0 unspecified atom stereocenters. The third-order valence-corrected chi connectivity index (χ3v) is 3.62. The van der Waals surface area contributed by atoms with Gasteiger partial charge in [0.2, 0.25) is 0 Å². The molecule has 21 heavy (non-hydrogen) atoms. The summed E-state index contributed by atoms with van der Waals surface area (Å²) >= 11 is 1.33. The lowest BCUT2D eigenvalue weighted by Gasteiger charge is -2.20. The molecule has 3 rings (SSSR count). The molecule has 1 amide bonds. The number of amides is 1. The summed E-state index contributed by atoms with van der Waals surface area (Å²) in [6.45, 7) is 1.78. The first-order valence-corrected chi connectivity index (χ1v) is 7.23. The molecule has 108 valence electrons. The highest BCUT2D eigenvalue weighted by Crippen LogP contribution is 2.31. The highest BCUT2D eigenvalue weighted by Gasteiger charge is 2.20. The zero-order valence-corrected chi connectivity index (χ0v) is 12.0. The van der Waals surface area contributed by atoms with Gasteiger partial charge in [0.05, 0.1) is 11.2 Å². The number of thiazole rings is 1. The molecular formula is C14H12N2O4S. The number of ether oxygens (including phenoxy) is 2. The van der Waals surface area contributed by atoms with E-state index in [-0.39, 0.29) is 12.5 Å². The van der Waals surface area contributed by atoms with Crippen LogP contribution in [0.2, 0.25) is 0 Å². The topological polar surface area (TPSA) is 77.5 Å². The van der Waals surface area contributed by atoms with Crippen LogP contribution in [0, 0.1) is 0 Å². The summed E-state index contributed by atoms with van der Waals surface area (Å²) in [6, 6.07) is 5.29. The third-order valence-electron chi connectivity index (χ3n) is 3.03. The van der Waals surface area contributed by atoms with E-state index in [4.69, 9.17) is 9.47 Å². The van der Waals surface area contributed by atoms with Gasteiger partial charge in [-0.1, -0.05) is 6.07 Å². The van der Waals surface area contributed by atoms with Crippen molar-refractivity contribution < 1.29 is 19.1 Å². The molecule has 0 saturated carbocycles. The van der Waals surface area contributed by atoms with Crippen molar-refractivity contribution in [3.8, 4) is 5.75 Å². The van der Waals surface area contributed by atoms with E-state index >= 15 is 0 Å². The molecule has 6 nitrogen and oxygen atoms in total. The van der Waals surface area contributed by atoms with E-state index in [0.717, 1.165) is 5.56 Å². The number of nitrogens with zero attached hydrogens (tertiary/aromatic N) is 1. The number of aromatic nitrogens is 1. The number of fused-ring (bicyclic) bond motifs is 1. The van der Waals surface area contributed by atoms with Gasteiger partial charge in [0.25, 0.3) is 5.91 Å². The molecule has 0 saturated heterocycles. The summed E-state index contributed by atoms with van der Waals surface area (Å²) in [6.07, 6.45) is -0.455. The molecule has 0 radical (unpaired) electrons. The standard InChI is InChI=1S/C14H12N2O4S/c1-8(20-14(18)11-6-21-7-15-11)9-2-3-12-10(4-9)16-13(17)5-19-12/h2-4,6-8H,5H2,1H3,(H,16,17)/t8-/m1/s1. The second kappa shape index (κ2) is 5.53. The Labute approximate surface area is 124 Å². The first-order valence-electron chi connectivity index (χ1n) is 6.29. The number of nitrogens with one attached hydrogen (secondary N) is 1. The van der Waals surface area contributed by atoms with Gasteiger partial charge < -0.3 is 14.8 Å². The number of hydrogen-bond acceptors (Lipinski definition) is 6. The van der Waals surface area contributed by atoms with Crippen LogP contribution in [-0.2, 0) is 9.53 Å². The minimum absolute atomic E-state index is 0.0146. The Morgan fingerprint density at radius 3 is 3.14 bits per heavy atom. The third kappa shape index (κ3) is 2.87. The fourth-order valence-corrected chi connectivity index (χ4v) is 2.48. The Bertz CT molecular complexity index is 684. The van der Waals surface area contributed by atoms with Crippen molar-refractivity contribution in [2.24, 2.45) is 0 Å². The van der Waals surface area contributed by atoms with Crippen LogP contribution in [-0.4, -0.2) is 23.5 Å². The molecule has 7 heteroatoms. The van der Waals surface area contributed by atoms with E-state index in [1.807, 2.05) is 0 Å². The second-order valence-corrected chi connectivity index (χ2v) is 5.23. The molecule has 0 bridgehead atoms. The Balaban J connectivity index is 1.76. The SMILES string of the molecule is C[C@@H](OC(=O)c1cscn1)c1ccc2c(c1)NC(=O)CO2. The predicted molar refractivity (Wildman–Crippen MR) is 76.5 cm³/mol.